The van der Waals surface area contributed by atoms with Crippen molar-refractivity contribution >= 4 is 22.6 Å². The van der Waals surface area contributed by atoms with Gasteiger partial charge in [0.2, 0.25) is 0 Å². The van der Waals surface area contributed by atoms with Crippen LogP contribution in [0.5, 0.6) is 0 Å². The summed E-state index contributed by atoms with van der Waals surface area (Å²) in [5, 5.41) is 4.20. The highest BCUT2D eigenvalue weighted by atomic mass is 16.2. The number of rotatable bonds is 2. The molecule has 0 spiro atoms. The summed E-state index contributed by atoms with van der Waals surface area (Å²) in [7, 11) is 0. The Morgan fingerprint density at radius 1 is 1.35 bits per heavy atom. The van der Waals surface area contributed by atoms with E-state index in [9.17, 15) is 4.79 Å². The Morgan fingerprint density at radius 3 is 3.13 bits per heavy atom. The molecule has 122 valence electrons. The number of aromatic amines is 1. The van der Waals surface area contributed by atoms with Crippen molar-refractivity contribution in [3.8, 4) is 0 Å². The lowest BCUT2D eigenvalue weighted by Crippen LogP contribution is -2.58. The lowest BCUT2D eigenvalue weighted by Gasteiger charge is -2.43. The highest BCUT2D eigenvalue weighted by Crippen LogP contribution is 2.27. The highest BCUT2D eigenvalue weighted by molar-refractivity contribution is 6.00. The molecule has 0 unspecified atom stereocenters. The monoisotopic (exact) mass is 312 g/mol. The van der Waals surface area contributed by atoms with Crippen LogP contribution in [0.4, 0.5) is 10.5 Å². The van der Waals surface area contributed by atoms with Crippen molar-refractivity contribution in [3.63, 3.8) is 0 Å². The lowest BCUT2D eigenvalue weighted by molar-refractivity contribution is 0.0767. The number of carbonyl (C=O) groups excluding carboxylic acids is 1. The molecular weight excluding hydrogens is 288 g/mol. The Bertz CT molecular complexity index is 710. The van der Waals surface area contributed by atoms with E-state index in [2.05, 4.69) is 27.0 Å². The molecule has 0 aliphatic carbocycles. The fraction of sp³-hybridized carbons (Fsp3) is 0.500. The predicted octanol–water partition coefficient (Wildman–Crippen LogP) is 3.26. The number of hydrogen-bond acceptors (Lipinski definition) is 2. The van der Waals surface area contributed by atoms with E-state index in [1.165, 1.54) is 19.4 Å². The number of nitrogens with one attached hydrogen (secondary N) is 2. The van der Waals surface area contributed by atoms with Gasteiger partial charge in [-0.05, 0) is 44.0 Å². The van der Waals surface area contributed by atoms with Gasteiger partial charge in [0.05, 0.1) is 5.69 Å². The quantitative estimate of drug-likeness (QED) is 0.894. The van der Waals surface area contributed by atoms with Gasteiger partial charge in [-0.2, -0.15) is 0 Å². The van der Waals surface area contributed by atoms with Crippen LogP contribution in [0, 0.1) is 0 Å². The van der Waals surface area contributed by atoms with Crippen molar-refractivity contribution in [2.75, 3.05) is 25.0 Å². The maximum absolute atomic E-state index is 12.9. The third-order valence-corrected chi connectivity index (χ3v) is 5.36. The molecule has 1 aromatic carbocycles. The van der Waals surface area contributed by atoms with Gasteiger partial charge in [-0.25, -0.2) is 4.79 Å². The molecule has 5 nitrogen and oxygen atoms in total. The molecule has 5 heteroatoms. The van der Waals surface area contributed by atoms with Crippen molar-refractivity contribution in [2.24, 2.45) is 0 Å². The molecular formula is C18H24N4O. The molecule has 2 saturated heterocycles. The molecule has 0 radical (unpaired) electrons. The SMILES string of the molecule is CC[C@@H]1CN2CCC[C@H]2CN1C(=O)Nc1cccc2[nH]ccc12. The Hall–Kier alpha value is -2.01. The number of nitrogens with zero attached hydrogens (tertiary/aromatic N) is 2. The van der Waals surface area contributed by atoms with Gasteiger partial charge in [-0.1, -0.05) is 13.0 Å². The van der Waals surface area contributed by atoms with E-state index in [-0.39, 0.29) is 6.03 Å². The normalized spacial score (nSPS) is 24.8. The summed E-state index contributed by atoms with van der Waals surface area (Å²) in [5.74, 6) is 0. The minimum atomic E-state index is 0.0390. The van der Waals surface area contributed by atoms with E-state index in [1.807, 2.05) is 30.5 Å². The van der Waals surface area contributed by atoms with Crippen LogP contribution in [0.25, 0.3) is 10.9 Å². The second-order valence-corrected chi connectivity index (χ2v) is 6.68. The first-order valence-electron chi connectivity index (χ1n) is 8.64. The summed E-state index contributed by atoms with van der Waals surface area (Å²) < 4.78 is 0. The van der Waals surface area contributed by atoms with Gasteiger partial charge in [0.25, 0.3) is 0 Å². The number of benzene rings is 1. The number of anilines is 1. The molecule has 2 aliphatic rings. The van der Waals surface area contributed by atoms with Gasteiger partial charge in [0.15, 0.2) is 0 Å². The molecule has 2 aromatic rings. The van der Waals surface area contributed by atoms with Gasteiger partial charge < -0.3 is 15.2 Å². The van der Waals surface area contributed by atoms with Gasteiger partial charge in [0.1, 0.15) is 0 Å². The minimum absolute atomic E-state index is 0.0390. The first kappa shape index (κ1) is 14.6. The van der Waals surface area contributed by atoms with Crippen LogP contribution in [0.1, 0.15) is 26.2 Å². The Morgan fingerprint density at radius 2 is 2.26 bits per heavy atom. The average Bonchev–Trinajstić information content (AvgIpc) is 3.22. The molecule has 2 N–H and O–H groups in total. The lowest BCUT2D eigenvalue weighted by atomic mass is 10.1. The molecule has 1 aromatic heterocycles. The average molecular weight is 312 g/mol. The first-order chi connectivity index (χ1) is 11.3. The van der Waals surface area contributed by atoms with E-state index in [1.54, 1.807) is 0 Å². The fourth-order valence-electron chi connectivity index (χ4n) is 4.07. The van der Waals surface area contributed by atoms with Crippen LogP contribution in [-0.2, 0) is 0 Å². The molecule has 3 heterocycles. The number of urea groups is 1. The Labute approximate surface area is 136 Å². The van der Waals surface area contributed by atoms with Crippen LogP contribution in [-0.4, -0.2) is 52.5 Å². The second-order valence-electron chi connectivity index (χ2n) is 6.68. The van der Waals surface area contributed by atoms with E-state index < -0.39 is 0 Å². The third kappa shape index (κ3) is 2.59. The van der Waals surface area contributed by atoms with Crippen molar-refractivity contribution in [1.82, 2.24) is 14.8 Å². The smallest absolute Gasteiger partial charge is 0.322 e. The van der Waals surface area contributed by atoms with E-state index in [0.717, 1.165) is 36.1 Å². The summed E-state index contributed by atoms with van der Waals surface area (Å²) in [4.78, 5) is 20.7. The van der Waals surface area contributed by atoms with Crippen molar-refractivity contribution in [2.45, 2.75) is 38.3 Å². The number of fused-ring (bicyclic) bond motifs is 2. The Balaban J connectivity index is 1.54. The van der Waals surface area contributed by atoms with Crippen molar-refractivity contribution < 1.29 is 4.79 Å². The van der Waals surface area contributed by atoms with Crippen LogP contribution >= 0.6 is 0 Å². The maximum atomic E-state index is 12.9. The summed E-state index contributed by atoms with van der Waals surface area (Å²) in [5.41, 5.74) is 1.94. The Kier molecular flexibility index (Phi) is 3.73. The number of hydrogen-bond donors (Lipinski definition) is 2. The van der Waals surface area contributed by atoms with E-state index in [4.69, 9.17) is 0 Å². The number of carbonyl (C=O) groups is 1. The first-order valence-corrected chi connectivity index (χ1v) is 8.64. The van der Waals surface area contributed by atoms with Gasteiger partial charge >= 0.3 is 6.03 Å². The zero-order valence-electron chi connectivity index (χ0n) is 13.6. The van der Waals surface area contributed by atoms with Gasteiger partial charge in [-0.3, -0.25) is 4.90 Å². The second kappa shape index (κ2) is 5.89. The third-order valence-electron chi connectivity index (χ3n) is 5.36. The topological polar surface area (TPSA) is 51.4 Å². The van der Waals surface area contributed by atoms with Crippen LogP contribution in [0.2, 0.25) is 0 Å². The van der Waals surface area contributed by atoms with Crippen LogP contribution in [0.3, 0.4) is 0 Å². The van der Waals surface area contributed by atoms with Gasteiger partial charge in [0, 0.05) is 42.3 Å². The number of piperazine rings is 1. The fourth-order valence-corrected chi connectivity index (χ4v) is 4.07. The van der Waals surface area contributed by atoms with E-state index in [0.29, 0.717) is 12.1 Å². The molecule has 0 bridgehead atoms. The van der Waals surface area contributed by atoms with Crippen LogP contribution < -0.4 is 5.32 Å². The number of amides is 2. The summed E-state index contributed by atoms with van der Waals surface area (Å²) >= 11 is 0. The van der Waals surface area contributed by atoms with Crippen molar-refractivity contribution in [3.05, 3.63) is 30.5 Å². The molecule has 2 amide bonds. The van der Waals surface area contributed by atoms with E-state index >= 15 is 0 Å². The van der Waals surface area contributed by atoms with Crippen molar-refractivity contribution in [1.29, 1.82) is 0 Å². The molecule has 4 rings (SSSR count). The molecule has 2 atom stereocenters. The zero-order valence-corrected chi connectivity index (χ0v) is 13.6. The summed E-state index contributed by atoms with van der Waals surface area (Å²) in [6, 6.07) is 8.88. The standard InChI is InChI=1S/C18H24N4O/c1-2-13-11-21-10-4-5-14(21)12-22(13)18(23)20-17-7-3-6-16-15(17)8-9-19-16/h3,6-9,13-14,19H,2,4-5,10-12H2,1H3,(H,20,23)/t13-,14+/m1/s1. The molecule has 2 aliphatic heterocycles. The number of H-pyrrole nitrogens is 1. The summed E-state index contributed by atoms with van der Waals surface area (Å²) in [6.07, 6.45) is 5.39. The largest absolute Gasteiger partial charge is 0.361 e. The molecule has 2 fully saturated rings. The highest BCUT2D eigenvalue weighted by Gasteiger charge is 2.37. The maximum Gasteiger partial charge on any atom is 0.322 e. The number of aromatic nitrogens is 1. The van der Waals surface area contributed by atoms with Crippen LogP contribution in [0.15, 0.2) is 30.5 Å². The summed E-state index contributed by atoms with van der Waals surface area (Å²) in [6.45, 7) is 5.24. The molecule has 0 saturated carbocycles. The predicted molar refractivity (Wildman–Crippen MR) is 92.7 cm³/mol. The minimum Gasteiger partial charge on any atom is -0.361 e. The zero-order chi connectivity index (χ0) is 15.8. The molecule has 23 heavy (non-hydrogen) atoms. The van der Waals surface area contributed by atoms with Gasteiger partial charge in [-0.15, -0.1) is 0 Å².